The van der Waals surface area contributed by atoms with Crippen LogP contribution in [0.15, 0.2) is 109 Å². The number of hydrogen-bond acceptors (Lipinski definition) is 7. The molecule has 1 fully saturated rings. The molecule has 1 aliphatic carbocycles. The van der Waals surface area contributed by atoms with Gasteiger partial charge in [-0.3, -0.25) is 4.79 Å². The Morgan fingerprint density at radius 3 is 2.51 bits per heavy atom. The number of aromatic nitrogens is 3. The van der Waals surface area contributed by atoms with Gasteiger partial charge in [-0.15, -0.1) is 0 Å². The van der Waals surface area contributed by atoms with Gasteiger partial charge in [-0.2, -0.15) is 5.26 Å². The number of halogens is 1. The average molecular weight is 662 g/mol. The van der Waals surface area contributed by atoms with Crippen molar-refractivity contribution in [3.63, 3.8) is 0 Å². The molecular weight excluding hydrogens is 630 g/mol. The summed E-state index contributed by atoms with van der Waals surface area (Å²) in [7, 11) is -0.196. The number of carbonyl (C=O) groups is 1. The van der Waals surface area contributed by atoms with Gasteiger partial charge in [0.15, 0.2) is 11.6 Å². The summed E-state index contributed by atoms with van der Waals surface area (Å²) < 4.78 is 10.7. The van der Waals surface area contributed by atoms with Crippen LogP contribution in [0.1, 0.15) is 24.0 Å². The number of allylic oxidation sites excluding steroid dienone is 1. The van der Waals surface area contributed by atoms with Gasteiger partial charge < -0.3 is 24.2 Å². The average Bonchev–Trinajstić information content (AvgIpc) is 3.66. The van der Waals surface area contributed by atoms with Crippen LogP contribution >= 0.6 is 22.3 Å². The van der Waals surface area contributed by atoms with E-state index in [0.29, 0.717) is 42.5 Å². The molecule has 1 atom stereocenters. The van der Waals surface area contributed by atoms with E-state index in [-0.39, 0.29) is 16.6 Å². The Balaban J connectivity index is 1.05. The fourth-order valence-corrected chi connectivity index (χ4v) is 7.53. The monoisotopic (exact) mass is 661 g/mol. The number of hydrogen-bond donors (Lipinski definition) is 2. The maximum Gasteiger partial charge on any atom is 0.240 e. The Labute approximate surface area is 280 Å². The predicted molar refractivity (Wildman–Crippen MR) is 187 cm³/mol. The first-order chi connectivity index (χ1) is 23.0. The van der Waals surface area contributed by atoms with Crippen LogP contribution in [0.3, 0.4) is 0 Å². The number of anilines is 2. The number of nitrogens with one attached hydrogen (secondary N) is 2. The Hall–Kier alpha value is -5.11. The molecular formula is C36H32ClN7O2S. The number of nitriles is 1. The van der Waals surface area contributed by atoms with Crippen molar-refractivity contribution in [3.8, 4) is 11.8 Å². The third kappa shape index (κ3) is 6.87. The van der Waals surface area contributed by atoms with Gasteiger partial charge in [0, 0.05) is 36.1 Å². The molecule has 0 spiro atoms. The largest absolute Gasteiger partial charge is 0.454 e. The van der Waals surface area contributed by atoms with Crippen LogP contribution in [0.2, 0.25) is 5.02 Å². The second-order valence-electron chi connectivity index (χ2n) is 11.5. The molecule has 2 aromatic heterocycles. The highest BCUT2D eigenvalue weighted by Gasteiger charge is 2.50. The van der Waals surface area contributed by atoms with Gasteiger partial charge in [-0.05, 0) is 48.2 Å². The first kappa shape index (κ1) is 30.5. The van der Waals surface area contributed by atoms with Crippen LogP contribution in [0, 0.1) is 16.7 Å². The minimum atomic E-state index is -0.845. The van der Waals surface area contributed by atoms with E-state index in [9.17, 15) is 10.1 Å². The van der Waals surface area contributed by atoms with Gasteiger partial charge in [0.1, 0.15) is 23.0 Å². The lowest BCUT2D eigenvalue weighted by Gasteiger charge is -2.21. The zero-order valence-electron chi connectivity index (χ0n) is 25.5. The lowest BCUT2D eigenvalue weighted by Crippen LogP contribution is -2.33. The molecule has 236 valence electrons. The van der Waals surface area contributed by atoms with Gasteiger partial charge in [-0.25, -0.2) is 9.97 Å². The topological polar surface area (TPSA) is 108 Å². The zero-order chi connectivity index (χ0) is 32.2. The minimum absolute atomic E-state index is 0.196. The van der Waals surface area contributed by atoms with E-state index < -0.39 is 5.41 Å². The summed E-state index contributed by atoms with van der Waals surface area (Å²) in [4.78, 5) is 21.3. The number of carbonyl (C=O) groups excluding carboxylic acids is 1. The molecule has 1 aliphatic heterocycles. The molecule has 2 N–H and O–H groups in total. The Kier molecular flexibility index (Phi) is 8.66. The van der Waals surface area contributed by atoms with E-state index >= 15 is 0 Å². The second-order valence-corrected chi connectivity index (χ2v) is 13.7. The van der Waals surface area contributed by atoms with E-state index in [1.54, 1.807) is 0 Å². The lowest BCUT2D eigenvalue weighted by molar-refractivity contribution is -0.124. The molecule has 9 nitrogen and oxygen atoms in total. The van der Waals surface area contributed by atoms with Crippen LogP contribution < -0.4 is 15.4 Å². The van der Waals surface area contributed by atoms with Crippen LogP contribution in [0.25, 0.3) is 11.0 Å². The normalized spacial score (nSPS) is 16.2. The number of amides is 1. The first-order valence-corrected chi connectivity index (χ1v) is 17.1. The molecule has 7 rings (SSSR count). The van der Waals surface area contributed by atoms with Gasteiger partial charge in [-0.1, -0.05) is 82.9 Å². The highest BCUT2D eigenvalue weighted by atomic mass is 35.5. The van der Waals surface area contributed by atoms with Crippen molar-refractivity contribution in [1.29, 1.82) is 5.26 Å². The summed E-state index contributed by atoms with van der Waals surface area (Å²) in [5.41, 5.74) is 3.97. The second kappa shape index (κ2) is 13.3. The zero-order valence-corrected chi connectivity index (χ0v) is 27.0. The Morgan fingerprint density at radius 1 is 1.02 bits per heavy atom. The van der Waals surface area contributed by atoms with Crippen LogP contribution in [0.5, 0.6) is 5.75 Å². The van der Waals surface area contributed by atoms with E-state index in [4.69, 9.17) is 16.3 Å². The van der Waals surface area contributed by atoms with Crippen LogP contribution in [-0.4, -0.2) is 36.7 Å². The number of nitrogens with zero attached hydrogens (tertiary/aromatic N) is 5. The summed E-state index contributed by atoms with van der Waals surface area (Å²) in [5.74, 6) is 2.61. The lowest BCUT2D eigenvalue weighted by atomic mass is 10.1. The minimum Gasteiger partial charge on any atom is -0.454 e. The van der Waals surface area contributed by atoms with Crippen molar-refractivity contribution in [2.75, 3.05) is 11.9 Å². The summed E-state index contributed by atoms with van der Waals surface area (Å²) in [6.07, 6.45) is 6.73. The number of ether oxygens (including phenoxy) is 1. The fourth-order valence-electron chi connectivity index (χ4n) is 5.46. The molecule has 3 aromatic carbocycles. The molecule has 0 bridgehead atoms. The van der Waals surface area contributed by atoms with E-state index in [0.717, 1.165) is 34.8 Å². The first-order valence-electron chi connectivity index (χ1n) is 15.3. The van der Waals surface area contributed by atoms with E-state index in [1.165, 1.54) is 17.5 Å². The molecule has 0 radical (unpaired) electrons. The highest BCUT2D eigenvalue weighted by molar-refractivity contribution is 8.12. The number of benzene rings is 3. The maximum atomic E-state index is 12.4. The molecule has 47 heavy (non-hydrogen) atoms. The third-order valence-corrected chi connectivity index (χ3v) is 10.4. The summed E-state index contributed by atoms with van der Waals surface area (Å²) >= 11 is 6.77. The molecule has 1 amide bonds. The van der Waals surface area contributed by atoms with Gasteiger partial charge >= 0.3 is 0 Å². The van der Waals surface area contributed by atoms with Crippen molar-refractivity contribution < 1.29 is 9.53 Å². The number of rotatable bonds is 12. The summed E-state index contributed by atoms with van der Waals surface area (Å²) in [6.45, 7) is 1.67. The molecule has 5 aromatic rings. The Morgan fingerprint density at radius 2 is 1.79 bits per heavy atom. The summed E-state index contributed by atoms with van der Waals surface area (Å²) in [6, 6.07) is 30.5. The van der Waals surface area contributed by atoms with Crippen molar-refractivity contribution >= 4 is 56.1 Å². The molecule has 11 heteroatoms. The van der Waals surface area contributed by atoms with E-state index in [2.05, 4.69) is 91.1 Å². The number of fused-ring (bicyclic) bond motifs is 1. The molecule has 1 unspecified atom stereocenters. The quantitative estimate of drug-likeness (QED) is 0.137. The Bertz CT molecular complexity index is 2040. The maximum absolute atomic E-state index is 12.4. The standard InChI is InChI=1S/C36H32ClN7O2S/c37-30-19-28(42-34-33-31(40-25-41-34)13-17-43(33)18-16-39-35(45)36(24-38)14-15-36)11-12-32(30)46-29-21-44(20-26-7-3-1-4-8-26)47(23-29)22-27-9-5-2-6-10-27/h1-13,17,19,21,23,25H,14-16,18,20,22H2,(H,39,45)(H,40,41,42). The smallest absolute Gasteiger partial charge is 0.240 e. The third-order valence-electron chi connectivity index (χ3n) is 8.17. The molecule has 2 aliphatic rings. The van der Waals surface area contributed by atoms with Gasteiger partial charge in [0.05, 0.1) is 29.4 Å². The van der Waals surface area contributed by atoms with Crippen molar-refractivity contribution in [2.45, 2.75) is 31.7 Å². The fraction of sp³-hybridized carbons (Fsp3) is 0.194. The van der Waals surface area contributed by atoms with Crippen LogP contribution in [-0.2, 0) is 23.6 Å². The molecule has 3 heterocycles. The van der Waals surface area contributed by atoms with Crippen molar-refractivity contribution in [3.05, 3.63) is 126 Å². The summed E-state index contributed by atoms with van der Waals surface area (Å²) in [5, 5.41) is 18.2. The molecule has 1 saturated carbocycles. The van der Waals surface area contributed by atoms with Crippen molar-refractivity contribution in [2.24, 2.45) is 5.41 Å². The molecule has 0 saturated heterocycles. The van der Waals surface area contributed by atoms with E-state index in [1.807, 2.05) is 47.2 Å². The SMILES string of the molecule is N#CC1(C(=O)NCCn2ccc3ncnc(Nc4ccc(OC5=CN(Cc6ccccc6)S(Cc6ccccc6)=C5)c(Cl)c4)c32)CC1. The van der Waals surface area contributed by atoms with Crippen LogP contribution in [0.4, 0.5) is 11.5 Å². The van der Waals surface area contributed by atoms with Gasteiger partial charge in [0.25, 0.3) is 0 Å². The highest BCUT2D eigenvalue weighted by Crippen LogP contribution is 2.45. The van der Waals surface area contributed by atoms with Crippen molar-refractivity contribution in [1.82, 2.24) is 24.2 Å². The van der Waals surface area contributed by atoms with Gasteiger partial charge in [0.2, 0.25) is 5.91 Å². The predicted octanol–water partition coefficient (Wildman–Crippen LogP) is 7.17.